The molecule has 136 valence electrons. The van der Waals surface area contributed by atoms with Crippen LogP contribution in [0.25, 0.3) is 10.9 Å². The van der Waals surface area contributed by atoms with Crippen LogP contribution in [0, 0.1) is 5.92 Å². The van der Waals surface area contributed by atoms with Crippen LogP contribution in [0.15, 0.2) is 24.3 Å². The van der Waals surface area contributed by atoms with Crippen molar-refractivity contribution in [3.05, 3.63) is 35.5 Å². The molecule has 0 aliphatic carbocycles. The van der Waals surface area contributed by atoms with Crippen LogP contribution in [-0.4, -0.2) is 48.5 Å². The number of hydrogen-bond donors (Lipinski definition) is 1. The Morgan fingerprint density at radius 2 is 2.04 bits per heavy atom. The van der Waals surface area contributed by atoms with Gasteiger partial charge in [0.2, 0.25) is 5.91 Å². The lowest BCUT2D eigenvalue weighted by Crippen LogP contribution is -2.53. The highest BCUT2D eigenvalue weighted by Gasteiger charge is 2.61. The highest BCUT2D eigenvalue weighted by atomic mass is 16.5. The molecule has 7 heteroatoms. The molecule has 0 radical (unpaired) electrons. The maximum absolute atomic E-state index is 12.9. The third-order valence-electron chi connectivity index (χ3n) is 5.59. The Hall–Kier alpha value is -2.83. The second-order valence-corrected chi connectivity index (χ2v) is 6.80. The van der Waals surface area contributed by atoms with Crippen LogP contribution in [0.2, 0.25) is 0 Å². The Bertz CT molecular complexity index is 918. The first kappa shape index (κ1) is 16.6. The molecule has 26 heavy (non-hydrogen) atoms. The number of nitrogens with one attached hydrogen (secondary N) is 1. The van der Waals surface area contributed by atoms with Crippen molar-refractivity contribution in [3.63, 3.8) is 0 Å². The summed E-state index contributed by atoms with van der Waals surface area (Å²) >= 11 is 0. The van der Waals surface area contributed by atoms with Crippen LogP contribution < -0.4 is 0 Å². The molecule has 2 aromatic rings. The zero-order valence-electron chi connectivity index (χ0n) is 14.7. The molecule has 2 atom stereocenters. The number of nitrogens with zero attached hydrogens (tertiary/aromatic N) is 1. The number of esters is 2. The average molecular weight is 356 g/mol. The quantitative estimate of drug-likeness (QED) is 0.842. The second-order valence-electron chi connectivity index (χ2n) is 6.80. The molecule has 1 saturated heterocycles. The molecule has 0 bridgehead atoms. The maximum Gasteiger partial charge on any atom is 0.338 e. The second kappa shape index (κ2) is 5.86. The van der Waals surface area contributed by atoms with Gasteiger partial charge >= 0.3 is 11.9 Å². The summed E-state index contributed by atoms with van der Waals surface area (Å²) in [6.45, 7) is 0.417. The van der Waals surface area contributed by atoms with Crippen molar-refractivity contribution >= 4 is 28.7 Å². The van der Waals surface area contributed by atoms with Gasteiger partial charge in [-0.05, 0) is 24.5 Å². The van der Waals surface area contributed by atoms with Crippen LogP contribution in [0.5, 0.6) is 0 Å². The lowest BCUT2D eigenvalue weighted by atomic mass is 9.82. The summed E-state index contributed by atoms with van der Waals surface area (Å²) in [6, 6.07) is 7.83. The van der Waals surface area contributed by atoms with Crippen molar-refractivity contribution in [2.45, 2.75) is 24.8 Å². The number of hydrogen-bond acceptors (Lipinski definition) is 5. The van der Waals surface area contributed by atoms with Crippen molar-refractivity contribution in [3.8, 4) is 0 Å². The van der Waals surface area contributed by atoms with E-state index >= 15 is 0 Å². The molecule has 1 amide bonds. The summed E-state index contributed by atoms with van der Waals surface area (Å²) in [5, 5.41) is 1.05. The van der Waals surface area contributed by atoms with Gasteiger partial charge in [-0.3, -0.25) is 9.59 Å². The molecule has 3 heterocycles. The first-order valence-corrected chi connectivity index (χ1v) is 8.59. The van der Waals surface area contributed by atoms with E-state index in [1.54, 1.807) is 4.90 Å². The van der Waals surface area contributed by atoms with Crippen molar-refractivity contribution in [2.75, 3.05) is 20.8 Å². The first-order chi connectivity index (χ1) is 12.5. The zero-order chi connectivity index (χ0) is 18.5. The van der Waals surface area contributed by atoms with Crippen molar-refractivity contribution in [2.24, 2.45) is 5.92 Å². The topological polar surface area (TPSA) is 88.7 Å². The minimum Gasteiger partial charge on any atom is -0.469 e. The van der Waals surface area contributed by atoms with Gasteiger partial charge in [0.25, 0.3) is 0 Å². The van der Waals surface area contributed by atoms with Gasteiger partial charge in [-0.1, -0.05) is 18.2 Å². The minimum absolute atomic E-state index is 0.0415. The molecule has 2 aliphatic rings. The summed E-state index contributed by atoms with van der Waals surface area (Å²) in [7, 11) is 2.62. The summed E-state index contributed by atoms with van der Waals surface area (Å²) in [5.41, 5.74) is 1.45. The van der Waals surface area contributed by atoms with Gasteiger partial charge in [-0.25, -0.2) is 4.79 Å². The predicted molar refractivity (Wildman–Crippen MR) is 92.1 cm³/mol. The molecule has 1 N–H and O–H groups in total. The van der Waals surface area contributed by atoms with E-state index in [-0.39, 0.29) is 18.7 Å². The Labute approximate surface area is 150 Å². The Morgan fingerprint density at radius 3 is 2.77 bits per heavy atom. The van der Waals surface area contributed by atoms with Gasteiger partial charge < -0.3 is 19.4 Å². The molecule has 1 aromatic heterocycles. The largest absolute Gasteiger partial charge is 0.469 e. The molecule has 7 nitrogen and oxygen atoms in total. The normalized spacial score (nSPS) is 24.3. The third kappa shape index (κ3) is 2.09. The number of aromatic amines is 1. The molecule has 0 saturated carbocycles. The van der Waals surface area contributed by atoms with E-state index in [4.69, 9.17) is 9.47 Å². The predicted octanol–water partition coefficient (Wildman–Crippen LogP) is 1.50. The molecule has 2 aliphatic heterocycles. The average Bonchev–Trinajstić information content (AvgIpc) is 3.18. The fourth-order valence-corrected chi connectivity index (χ4v) is 4.45. The van der Waals surface area contributed by atoms with Gasteiger partial charge in [0.15, 0.2) is 5.54 Å². The monoisotopic (exact) mass is 356 g/mol. The van der Waals surface area contributed by atoms with E-state index < -0.39 is 23.4 Å². The fourth-order valence-electron chi connectivity index (χ4n) is 4.45. The van der Waals surface area contributed by atoms with E-state index in [0.717, 1.165) is 16.5 Å². The number of rotatable bonds is 3. The number of carbonyl (C=O) groups is 3. The number of fused-ring (bicyclic) bond motifs is 5. The standard InChI is InChI=1S/C19H20N2O5/c1-25-15(22)9-11-10-19(18(24)26-2)16-13(7-8-21(19)17(11)23)12-5-3-4-6-14(12)20-16/h3-6,11,20H,7-10H2,1-2H3/t11-,19-/m1/s1. The van der Waals surface area contributed by atoms with Gasteiger partial charge in [0, 0.05) is 17.4 Å². The number of methoxy groups -OCH3 is 2. The first-order valence-electron chi connectivity index (χ1n) is 8.59. The van der Waals surface area contributed by atoms with E-state index in [1.807, 2.05) is 24.3 Å². The molecule has 4 rings (SSSR count). The molecule has 1 aromatic carbocycles. The Kier molecular flexibility index (Phi) is 3.75. The van der Waals surface area contributed by atoms with Crippen LogP contribution >= 0.6 is 0 Å². The van der Waals surface area contributed by atoms with Crippen molar-refractivity contribution < 1.29 is 23.9 Å². The van der Waals surface area contributed by atoms with Gasteiger partial charge in [-0.2, -0.15) is 0 Å². The summed E-state index contributed by atoms with van der Waals surface area (Å²) in [6.07, 6.45) is 0.808. The minimum atomic E-state index is -1.21. The number of benzene rings is 1. The van der Waals surface area contributed by atoms with Gasteiger partial charge in [0.05, 0.1) is 32.3 Å². The van der Waals surface area contributed by atoms with Gasteiger partial charge in [-0.15, -0.1) is 0 Å². The SMILES string of the molecule is COC(=O)C[C@@H]1C[C@]2(C(=O)OC)c3[nH]c4ccccc4c3CCN2C1=O. The molecular formula is C19H20N2O5. The van der Waals surface area contributed by atoms with Crippen LogP contribution in [0.3, 0.4) is 0 Å². The highest BCUT2D eigenvalue weighted by molar-refractivity contribution is 5.98. The molecule has 0 spiro atoms. The van der Waals surface area contributed by atoms with E-state index in [0.29, 0.717) is 18.7 Å². The Morgan fingerprint density at radius 1 is 1.27 bits per heavy atom. The number of carbonyl (C=O) groups excluding carboxylic acids is 3. The van der Waals surface area contributed by atoms with Crippen LogP contribution in [-0.2, 0) is 35.8 Å². The van der Waals surface area contributed by atoms with E-state index in [9.17, 15) is 14.4 Å². The zero-order valence-corrected chi connectivity index (χ0v) is 14.7. The van der Waals surface area contributed by atoms with Crippen molar-refractivity contribution in [1.82, 2.24) is 9.88 Å². The Balaban J connectivity index is 1.88. The number of ether oxygens (including phenoxy) is 2. The van der Waals surface area contributed by atoms with E-state index in [1.165, 1.54) is 14.2 Å². The number of aromatic nitrogens is 1. The van der Waals surface area contributed by atoms with Gasteiger partial charge in [0.1, 0.15) is 0 Å². The number of amides is 1. The van der Waals surface area contributed by atoms with Crippen LogP contribution in [0.1, 0.15) is 24.1 Å². The third-order valence-corrected chi connectivity index (χ3v) is 5.59. The maximum atomic E-state index is 12.9. The molecular weight excluding hydrogens is 336 g/mol. The number of para-hydroxylation sites is 1. The molecule has 1 fully saturated rings. The summed E-state index contributed by atoms with van der Waals surface area (Å²) in [5.74, 6) is -1.74. The van der Waals surface area contributed by atoms with E-state index in [2.05, 4.69) is 4.98 Å². The summed E-state index contributed by atoms with van der Waals surface area (Å²) in [4.78, 5) is 42.5. The smallest absolute Gasteiger partial charge is 0.338 e. The lowest BCUT2D eigenvalue weighted by Gasteiger charge is -2.39. The highest BCUT2D eigenvalue weighted by Crippen LogP contribution is 2.49. The fraction of sp³-hybridized carbons (Fsp3) is 0.421. The molecule has 0 unspecified atom stereocenters. The van der Waals surface area contributed by atoms with Crippen LogP contribution in [0.4, 0.5) is 0 Å². The summed E-state index contributed by atoms with van der Waals surface area (Å²) < 4.78 is 9.82. The number of H-pyrrole nitrogens is 1. The lowest BCUT2D eigenvalue weighted by molar-refractivity contribution is -0.159. The van der Waals surface area contributed by atoms with Crippen molar-refractivity contribution in [1.29, 1.82) is 0 Å².